The quantitative estimate of drug-likeness (QED) is 0.387. The van der Waals surface area contributed by atoms with E-state index in [4.69, 9.17) is 9.47 Å². The summed E-state index contributed by atoms with van der Waals surface area (Å²) in [5.41, 5.74) is 0.895. The first-order valence-corrected chi connectivity index (χ1v) is 9.98. The molecule has 150 valence electrons. The summed E-state index contributed by atoms with van der Waals surface area (Å²) in [4.78, 5) is 26.0. The second-order valence-electron chi connectivity index (χ2n) is 6.27. The first-order chi connectivity index (χ1) is 14.1. The minimum absolute atomic E-state index is 0.214. The maximum atomic E-state index is 12.2. The molecule has 0 saturated carbocycles. The van der Waals surface area contributed by atoms with Gasteiger partial charge in [0, 0.05) is 24.4 Å². The molecule has 29 heavy (non-hydrogen) atoms. The zero-order chi connectivity index (χ0) is 20.5. The Kier molecular flexibility index (Phi) is 7.24. The zero-order valence-corrected chi connectivity index (χ0v) is 16.5. The molecule has 0 aliphatic rings. The van der Waals surface area contributed by atoms with Crippen LogP contribution in [0.5, 0.6) is 5.75 Å². The van der Waals surface area contributed by atoms with Crippen molar-refractivity contribution in [1.82, 2.24) is 4.90 Å². The Hall–Kier alpha value is -3.32. The minimum atomic E-state index is -1.02. The topological polar surface area (TPSA) is 76.1 Å². The van der Waals surface area contributed by atoms with Gasteiger partial charge in [0.15, 0.2) is 0 Å². The first kappa shape index (κ1) is 20.4. The number of amides is 1. The first-order valence-electron chi connectivity index (χ1n) is 9.10. The number of para-hydroxylation sites is 1. The van der Waals surface area contributed by atoms with Gasteiger partial charge < -0.3 is 19.5 Å². The molecule has 1 atom stereocenters. The van der Waals surface area contributed by atoms with Gasteiger partial charge in [-0.3, -0.25) is 0 Å². The molecule has 3 rings (SSSR count). The van der Waals surface area contributed by atoms with Crippen molar-refractivity contribution in [1.29, 1.82) is 0 Å². The van der Waals surface area contributed by atoms with Crippen molar-refractivity contribution in [2.75, 3.05) is 6.54 Å². The van der Waals surface area contributed by atoms with Gasteiger partial charge >= 0.3 is 12.2 Å². The van der Waals surface area contributed by atoms with Crippen LogP contribution in [0, 0.1) is 0 Å². The summed E-state index contributed by atoms with van der Waals surface area (Å²) < 4.78 is 10.7. The largest absolute Gasteiger partial charge is 0.514 e. The summed E-state index contributed by atoms with van der Waals surface area (Å²) in [7, 11) is 0. The van der Waals surface area contributed by atoms with Crippen molar-refractivity contribution in [2.45, 2.75) is 19.1 Å². The number of nitrogens with zero attached hydrogens (tertiary/aromatic N) is 1. The zero-order valence-electron chi connectivity index (χ0n) is 15.6. The van der Waals surface area contributed by atoms with Crippen molar-refractivity contribution in [3.05, 3.63) is 88.6 Å². The third-order valence-electron chi connectivity index (χ3n) is 4.19. The van der Waals surface area contributed by atoms with Crippen LogP contribution in [0.15, 0.2) is 78.2 Å². The third kappa shape index (κ3) is 6.36. The molecular weight excluding hydrogens is 390 g/mol. The average molecular weight is 411 g/mol. The second-order valence-corrected chi connectivity index (χ2v) is 7.24. The van der Waals surface area contributed by atoms with E-state index in [1.807, 2.05) is 53.9 Å². The number of ether oxygens (including phenoxy) is 2. The van der Waals surface area contributed by atoms with Crippen LogP contribution in [0.25, 0.3) is 0 Å². The Morgan fingerprint density at radius 2 is 1.66 bits per heavy atom. The van der Waals surface area contributed by atoms with Gasteiger partial charge in [-0.1, -0.05) is 54.6 Å². The van der Waals surface area contributed by atoms with Gasteiger partial charge in [-0.05, 0) is 29.1 Å². The van der Waals surface area contributed by atoms with Gasteiger partial charge in [0.05, 0.1) is 0 Å². The lowest BCUT2D eigenvalue weighted by Gasteiger charge is -2.22. The highest BCUT2D eigenvalue weighted by Gasteiger charge is 2.22. The van der Waals surface area contributed by atoms with Crippen LogP contribution in [-0.2, 0) is 11.3 Å². The standard InChI is InChI=1S/C22H21NO5S/c24-21(25)23(16-17-8-3-1-4-9-17)14-13-19(20-12-7-15-29-20)28-22(26)27-18-10-5-2-6-11-18/h1-12,15,19H,13-14,16H2,(H,24,25). The van der Waals surface area contributed by atoms with Crippen LogP contribution < -0.4 is 4.74 Å². The van der Waals surface area contributed by atoms with Crippen LogP contribution in [0.3, 0.4) is 0 Å². The van der Waals surface area contributed by atoms with Gasteiger partial charge in [0.1, 0.15) is 11.9 Å². The third-order valence-corrected chi connectivity index (χ3v) is 5.16. The highest BCUT2D eigenvalue weighted by atomic mass is 32.1. The molecule has 0 aliphatic carbocycles. The molecule has 1 aromatic heterocycles. The van der Waals surface area contributed by atoms with E-state index in [2.05, 4.69) is 0 Å². The molecule has 1 N–H and O–H groups in total. The molecule has 1 unspecified atom stereocenters. The minimum Gasteiger partial charge on any atom is -0.465 e. The monoisotopic (exact) mass is 411 g/mol. The van der Waals surface area contributed by atoms with Crippen molar-refractivity contribution in [3.63, 3.8) is 0 Å². The summed E-state index contributed by atoms with van der Waals surface area (Å²) in [6.45, 7) is 0.479. The van der Waals surface area contributed by atoms with E-state index in [0.717, 1.165) is 10.4 Å². The maximum absolute atomic E-state index is 12.2. The van der Waals surface area contributed by atoms with Crippen LogP contribution >= 0.6 is 11.3 Å². The Balaban J connectivity index is 1.63. The van der Waals surface area contributed by atoms with Crippen molar-refractivity contribution < 1.29 is 24.2 Å². The molecule has 6 nitrogen and oxygen atoms in total. The van der Waals surface area contributed by atoms with E-state index >= 15 is 0 Å². The molecule has 0 saturated heterocycles. The van der Waals surface area contributed by atoms with Crippen molar-refractivity contribution in [2.24, 2.45) is 0 Å². The summed E-state index contributed by atoms with van der Waals surface area (Å²) in [5, 5.41) is 11.4. The Morgan fingerprint density at radius 1 is 0.966 bits per heavy atom. The fourth-order valence-electron chi connectivity index (χ4n) is 2.78. The predicted molar refractivity (Wildman–Crippen MR) is 110 cm³/mol. The van der Waals surface area contributed by atoms with Crippen LogP contribution in [-0.4, -0.2) is 28.8 Å². The fraction of sp³-hybridized carbons (Fsp3) is 0.182. The Bertz CT molecular complexity index is 899. The van der Waals surface area contributed by atoms with Gasteiger partial charge in [-0.15, -0.1) is 11.3 Å². The number of carboxylic acid groups (broad SMARTS) is 1. The van der Waals surface area contributed by atoms with Gasteiger partial charge in [-0.2, -0.15) is 0 Å². The lowest BCUT2D eigenvalue weighted by Crippen LogP contribution is -2.31. The van der Waals surface area contributed by atoms with Gasteiger partial charge in [0.2, 0.25) is 0 Å². The van der Waals surface area contributed by atoms with Crippen molar-refractivity contribution >= 4 is 23.6 Å². The molecule has 0 fully saturated rings. The molecule has 2 aromatic carbocycles. The molecule has 0 spiro atoms. The summed E-state index contributed by atoms with van der Waals surface area (Å²) in [5.74, 6) is 0.388. The highest BCUT2D eigenvalue weighted by molar-refractivity contribution is 7.10. The molecule has 1 amide bonds. The van der Waals surface area contributed by atoms with Gasteiger partial charge in [-0.25, -0.2) is 9.59 Å². The average Bonchev–Trinajstić information content (AvgIpc) is 3.26. The number of rotatable bonds is 8. The number of thiophene rings is 1. The summed E-state index contributed by atoms with van der Waals surface area (Å²) in [6, 6.07) is 21.7. The lowest BCUT2D eigenvalue weighted by molar-refractivity contribution is 0.0500. The van der Waals surface area contributed by atoms with Gasteiger partial charge in [0.25, 0.3) is 0 Å². The molecule has 1 heterocycles. The summed E-state index contributed by atoms with van der Waals surface area (Å²) >= 11 is 1.44. The van der Waals surface area contributed by atoms with Crippen LogP contribution in [0.2, 0.25) is 0 Å². The summed E-state index contributed by atoms with van der Waals surface area (Å²) in [6.07, 6.45) is -2.11. The van der Waals surface area contributed by atoms with E-state index in [1.54, 1.807) is 24.3 Å². The van der Waals surface area contributed by atoms with E-state index in [9.17, 15) is 14.7 Å². The molecule has 0 aliphatic heterocycles. The van der Waals surface area contributed by atoms with Crippen LogP contribution in [0.1, 0.15) is 23.0 Å². The molecule has 0 bridgehead atoms. The Labute approximate surface area is 172 Å². The molecule has 0 radical (unpaired) electrons. The number of carbonyl (C=O) groups is 2. The molecular formula is C22H21NO5S. The fourth-order valence-corrected chi connectivity index (χ4v) is 3.57. The normalized spacial score (nSPS) is 11.4. The predicted octanol–water partition coefficient (Wildman–Crippen LogP) is 5.58. The lowest BCUT2D eigenvalue weighted by atomic mass is 10.2. The molecule has 3 aromatic rings. The number of hydrogen-bond donors (Lipinski definition) is 1. The van der Waals surface area contributed by atoms with Crippen molar-refractivity contribution in [3.8, 4) is 5.75 Å². The highest BCUT2D eigenvalue weighted by Crippen LogP contribution is 2.27. The van der Waals surface area contributed by atoms with E-state index < -0.39 is 18.4 Å². The smallest absolute Gasteiger partial charge is 0.465 e. The SMILES string of the molecule is O=C(Oc1ccccc1)OC(CCN(Cc1ccccc1)C(=O)O)c1cccs1. The van der Waals surface area contributed by atoms with E-state index in [1.165, 1.54) is 16.2 Å². The number of hydrogen-bond acceptors (Lipinski definition) is 5. The second kappa shape index (κ2) is 10.3. The maximum Gasteiger partial charge on any atom is 0.514 e. The Morgan fingerprint density at radius 3 is 2.28 bits per heavy atom. The van der Waals surface area contributed by atoms with E-state index in [-0.39, 0.29) is 13.1 Å². The van der Waals surface area contributed by atoms with Crippen LogP contribution in [0.4, 0.5) is 9.59 Å². The number of benzene rings is 2. The molecule has 7 heteroatoms. The number of carbonyl (C=O) groups excluding carboxylic acids is 1. The van der Waals surface area contributed by atoms with E-state index in [0.29, 0.717) is 12.2 Å².